The van der Waals surface area contributed by atoms with Crippen molar-refractivity contribution in [2.24, 2.45) is 0 Å². The van der Waals surface area contributed by atoms with E-state index in [2.05, 4.69) is 12.1 Å². The van der Waals surface area contributed by atoms with Crippen molar-refractivity contribution in [3.05, 3.63) is 28.8 Å². The second-order valence-electron chi connectivity index (χ2n) is 4.57. The van der Waals surface area contributed by atoms with E-state index < -0.39 is 0 Å². The fraction of sp³-hybridized carbons (Fsp3) is 0.538. The summed E-state index contributed by atoms with van der Waals surface area (Å²) in [6.45, 7) is 5.40. The Balaban J connectivity index is 2.43. The summed E-state index contributed by atoms with van der Waals surface area (Å²) in [5.41, 5.74) is 3.17. The van der Waals surface area contributed by atoms with E-state index in [-0.39, 0.29) is 12.0 Å². The van der Waals surface area contributed by atoms with E-state index in [4.69, 9.17) is 9.47 Å². The number of hydrogen-bond acceptors (Lipinski definition) is 3. The molecule has 1 saturated heterocycles. The van der Waals surface area contributed by atoms with Crippen molar-refractivity contribution >= 4 is 0 Å². The number of aliphatic hydroxyl groups is 1. The maximum Gasteiger partial charge on any atom is 0.124 e. The minimum atomic E-state index is -0.193. The number of methoxy groups -OCH3 is 1. The van der Waals surface area contributed by atoms with Crippen LogP contribution in [0.25, 0.3) is 0 Å². The van der Waals surface area contributed by atoms with E-state index in [1.54, 1.807) is 7.11 Å². The molecule has 0 radical (unpaired) electrons. The molecule has 0 bridgehead atoms. The van der Waals surface area contributed by atoms with Crippen molar-refractivity contribution in [2.45, 2.75) is 19.3 Å². The van der Waals surface area contributed by atoms with Gasteiger partial charge in [0.05, 0.1) is 32.3 Å². The van der Waals surface area contributed by atoms with Gasteiger partial charge in [-0.05, 0) is 30.5 Å². The molecule has 0 atom stereocenters. The summed E-state index contributed by atoms with van der Waals surface area (Å²) in [5, 5.41) is 9.49. The van der Waals surface area contributed by atoms with Gasteiger partial charge >= 0.3 is 0 Å². The van der Waals surface area contributed by atoms with Gasteiger partial charge < -0.3 is 14.6 Å². The lowest BCUT2D eigenvalue weighted by molar-refractivity contribution is -0.0842. The molecule has 1 aliphatic rings. The Morgan fingerprint density at radius 3 is 2.19 bits per heavy atom. The van der Waals surface area contributed by atoms with E-state index >= 15 is 0 Å². The summed E-state index contributed by atoms with van der Waals surface area (Å²) >= 11 is 0. The number of benzene rings is 1. The van der Waals surface area contributed by atoms with Crippen molar-refractivity contribution in [3.63, 3.8) is 0 Å². The summed E-state index contributed by atoms with van der Waals surface area (Å²) in [5.74, 6) is 0.928. The van der Waals surface area contributed by atoms with Gasteiger partial charge in [-0.2, -0.15) is 0 Å². The number of aliphatic hydroxyl groups excluding tert-OH is 1. The molecule has 88 valence electrons. The fourth-order valence-corrected chi connectivity index (χ4v) is 2.28. The SMILES string of the molecule is COc1c(C)cc(C2(CO)COC2)cc1C. The zero-order valence-corrected chi connectivity index (χ0v) is 10.0. The number of hydrogen-bond donors (Lipinski definition) is 1. The van der Waals surface area contributed by atoms with Crippen molar-refractivity contribution in [1.29, 1.82) is 0 Å². The van der Waals surface area contributed by atoms with Crippen LogP contribution >= 0.6 is 0 Å². The van der Waals surface area contributed by atoms with Crippen LogP contribution in [-0.2, 0) is 10.2 Å². The number of rotatable bonds is 3. The molecular formula is C13H18O3. The highest BCUT2D eigenvalue weighted by Crippen LogP contribution is 2.35. The zero-order chi connectivity index (χ0) is 11.8. The highest BCUT2D eigenvalue weighted by Gasteiger charge is 2.40. The Morgan fingerprint density at radius 1 is 1.31 bits per heavy atom. The monoisotopic (exact) mass is 222 g/mol. The lowest BCUT2D eigenvalue weighted by Gasteiger charge is -2.40. The third-order valence-electron chi connectivity index (χ3n) is 3.34. The minimum absolute atomic E-state index is 0.137. The molecule has 0 amide bonds. The van der Waals surface area contributed by atoms with Crippen LogP contribution in [0.2, 0.25) is 0 Å². The molecule has 1 fully saturated rings. The Hall–Kier alpha value is -1.06. The van der Waals surface area contributed by atoms with E-state index in [1.165, 1.54) is 0 Å². The van der Waals surface area contributed by atoms with Crippen LogP contribution in [0.1, 0.15) is 16.7 Å². The molecule has 0 aliphatic carbocycles. The van der Waals surface area contributed by atoms with Gasteiger partial charge in [0.25, 0.3) is 0 Å². The Bertz CT molecular complexity index is 366. The van der Waals surface area contributed by atoms with Crippen LogP contribution in [0.3, 0.4) is 0 Å². The maximum absolute atomic E-state index is 9.49. The average Bonchev–Trinajstić information content (AvgIpc) is 2.16. The second-order valence-corrected chi connectivity index (χ2v) is 4.57. The first-order chi connectivity index (χ1) is 7.63. The molecular weight excluding hydrogens is 204 g/mol. The largest absolute Gasteiger partial charge is 0.496 e. The second kappa shape index (κ2) is 4.07. The van der Waals surface area contributed by atoms with Crippen molar-refractivity contribution in [2.75, 3.05) is 26.9 Å². The molecule has 1 aromatic carbocycles. The average molecular weight is 222 g/mol. The standard InChI is InChI=1S/C13H18O3/c1-9-4-11(5-10(2)12(9)15-3)13(6-14)7-16-8-13/h4-5,14H,6-8H2,1-3H3. The highest BCUT2D eigenvalue weighted by molar-refractivity contribution is 5.46. The van der Waals surface area contributed by atoms with Gasteiger partial charge in [-0.15, -0.1) is 0 Å². The third kappa shape index (κ3) is 1.60. The van der Waals surface area contributed by atoms with Crippen molar-refractivity contribution < 1.29 is 14.6 Å². The molecule has 1 N–H and O–H groups in total. The van der Waals surface area contributed by atoms with Crippen LogP contribution in [0, 0.1) is 13.8 Å². The highest BCUT2D eigenvalue weighted by atomic mass is 16.5. The summed E-state index contributed by atoms with van der Waals surface area (Å²) in [6, 6.07) is 4.18. The minimum Gasteiger partial charge on any atom is -0.496 e. The summed E-state index contributed by atoms with van der Waals surface area (Å²) < 4.78 is 10.6. The number of aryl methyl sites for hydroxylation is 2. The van der Waals surface area contributed by atoms with Crippen LogP contribution in [0.15, 0.2) is 12.1 Å². The third-order valence-corrected chi connectivity index (χ3v) is 3.34. The van der Waals surface area contributed by atoms with Gasteiger partial charge in [0.2, 0.25) is 0 Å². The molecule has 3 nitrogen and oxygen atoms in total. The number of ether oxygens (including phenoxy) is 2. The van der Waals surface area contributed by atoms with E-state index in [0.717, 1.165) is 22.4 Å². The smallest absolute Gasteiger partial charge is 0.124 e. The van der Waals surface area contributed by atoms with Gasteiger partial charge in [-0.3, -0.25) is 0 Å². The van der Waals surface area contributed by atoms with E-state index in [0.29, 0.717) is 13.2 Å². The molecule has 2 rings (SSSR count). The molecule has 3 heteroatoms. The first-order valence-electron chi connectivity index (χ1n) is 5.47. The zero-order valence-electron chi connectivity index (χ0n) is 10.0. The first kappa shape index (κ1) is 11.4. The summed E-state index contributed by atoms with van der Waals surface area (Å²) in [4.78, 5) is 0. The first-order valence-corrected chi connectivity index (χ1v) is 5.47. The molecule has 0 spiro atoms. The van der Waals surface area contributed by atoms with Gasteiger partial charge in [0, 0.05) is 0 Å². The van der Waals surface area contributed by atoms with Crippen LogP contribution in [-0.4, -0.2) is 32.0 Å². The summed E-state index contributed by atoms with van der Waals surface area (Å²) in [7, 11) is 1.68. The molecule has 0 unspecified atom stereocenters. The fourth-order valence-electron chi connectivity index (χ4n) is 2.28. The Morgan fingerprint density at radius 2 is 1.88 bits per heavy atom. The summed E-state index contributed by atoms with van der Waals surface area (Å²) in [6.07, 6.45) is 0. The molecule has 0 saturated carbocycles. The van der Waals surface area contributed by atoms with Gasteiger partial charge in [-0.25, -0.2) is 0 Å². The molecule has 0 aromatic heterocycles. The van der Waals surface area contributed by atoms with Crippen molar-refractivity contribution in [3.8, 4) is 5.75 Å². The van der Waals surface area contributed by atoms with Gasteiger partial charge in [0.15, 0.2) is 0 Å². The predicted octanol–water partition coefficient (Wildman–Crippen LogP) is 1.57. The quantitative estimate of drug-likeness (QED) is 0.843. The normalized spacial score (nSPS) is 18.0. The van der Waals surface area contributed by atoms with Crippen LogP contribution in [0.4, 0.5) is 0 Å². The van der Waals surface area contributed by atoms with E-state index in [9.17, 15) is 5.11 Å². The predicted molar refractivity (Wildman–Crippen MR) is 62.1 cm³/mol. The molecule has 1 aliphatic heterocycles. The molecule has 16 heavy (non-hydrogen) atoms. The Labute approximate surface area is 96.0 Å². The maximum atomic E-state index is 9.49. The lowest BCUT2D eigenvalue weighted by Crippen LogP contribution is -2.49. The Kier molecular flexibility index (Phi) is 2.91. The van der Waals surface area contributed by atoms with Crippen LogP contribution < -0.4 is 4.74 Å². The topological polar surface area (TPSA) is 38.7 Å². The molecule has 1 heterocycles. The van der Waals surface area contributed by atoms with Crippen molar-refractivity contribution in [1.82, 2.24) is 0 Å². The van der Waals surface area contributed by atoms with Crippen LogP contribution in [0.5, 0.6) is 5.75 Å². The lowest BCUT2D eigenvalue weighted by atomic mass is 9.78. The van der Waals surface area contributed by atoms with Gasteiger partial charge in [0.1, 0.15) is 5.75 Å². The molecule has 1 aromatic rings. The van der Waals surface area contributed by atoms with E-state index in [1.807, 2.05) is 13.8 Å². The van der Waals surface area contributed by atoms with Gasteiger partial charge in [-0.1, -0.05) is 12.1 Å².